The maximum Gasteiger partial charge on any atom is 0.266 e. The molecule has 0 aliphatic heterocycles. The minimum atomic E-state index is -0.505. The van der Waals surface area contributed by atoms with Crippen LogP contribution >= 0.6 is 34.2 Å². The van der Waals surface area contributed by atoms with Crippen molar-refractivity contribution in [2.45, 2.75) is 6.92 Å². The molecule has 1 heterocycles. The maximum absolute atomic E-state index is 12.1. The summed E-state index contributed by atoms with van der Waals surface area (Å²) in [5, 5.41) is 12.3. The SMILES string of the molecule is Cc1ccc(Cl)cc1NC(=O)/C(C#N)=C\c1ccc(I)o1. The normalized spacial score (nSPS) is 11.0. The third kappa shape index (κ3) is 4.09. The van der Waals surface area contributed by atoms with Crippen LogP contribution in [0.15, 0.2) is 40.3 Å². The van der Waals surface area contributed by atoms with Crippen LogP contribution in [0.5, 0.6) is 0 Å². The summed E-state index contributed by atoms with van der Waals surface area (Å²) in [6, 6.07) is 10.5. The van der Waals surface area contributed by atoms with Gasteiger partial charge in [-0.15, -0.1) is 0 Å². The lowest BCUT2D eigenvalue weighted by Crippen LogP contribution is -2.14. The van der Waals surface area contributed by atoms with Crippen LogP contribution in [0.1, 0.15) is 11.3 Å². The van der Waals surface area contributed by atoms with E-state index in [0.717, 1.165) is 5.56 Å². The Bertz CT molecular complexity index is 759. The lowest BCUT2D eigenvalue weighted by Gasteiger charge is -2.07. The predicted molar refractivity (Wildman–Crippen MR) is 89.8 cm³/mol. The molecule has 0 radical (unpaired) electrons. The van der Waals surface area contributed by atoms with Crippen molar-refractivity contribution in [2.24, 2.45) is 0 Å². The Labute approximate surface area is 140 Å². The number of anilines is 1. The highest BCUT2D eigenvalue weighted by atomic mass is 127. The first-order valence-electron chi connectivity index (χ1n) is 5.94. The van der Waals surface area contributed by atoms with Gasteiger partial charge >= 0.3 is 0 Å². The van der Waals surface area contributed by atoms with Crippen molar-refractivity contribution in [1.29, 1.82) is 5.26 Å². The Morgan fingerprint density at radius 1 is 1.43 bits per heavy atom. The van der Waals surface area contributed by atoms with Gasteiger partial charge in [-0.3, -0.25) is 4.79 Å². The minimum absolute atomic E-state index is 0.0416. The van der Waals surface area contributed by atoms with Crippen LogP contribution in [0, 0.1) is 22.0 Å². The first-order chi connectivity index (χ1) is 9.99. The minimum Gasteiger partial charge on any atom is -0.451 e. The third-order valence-corrected chi connectivity index (χ3v) is 3.51. The molecule has 0 bridgehead atoms. The Kier molecular flexibility index (Phi) is 5.04. The van der Waals surface area contributed by atoms with Crippen LogP contribution in [-0.2, 0) is 4.79 Å². The second-order valence-electron chi connectivity index (χ2n) is 4.23. The Morgan fingerprint density at radius 2 is 2.19 bits per heavy atom. The molecule has 4 nitrogen and oxygen atoms in total. The van der Waals surface area contributed by atoms with E-state index in [9.17, 15) is 4.79 Å². The molecule has 1 amide bonds. The average molecular weight is 413 g/mol. The monoisotopic (exact) mass is 412 g/mol. The number of hydrogen-bond donors (Lipinski definition) is 1. The highest BCUT2D eigenvalue weighted by molar-refractivity contribution is 14.1. The number of nitrogens with one attached hydrogen (secondary N) is 1. The van der Waals surface area contributed by atoms with E-state index in [4.69, 9.17) is 21.3 Å². The smallest absolute Gasteiger partial charge is 0.266 e. The van der Waals surface area contributed by atoms with Gasteiger partial charge in [0.25, 0.3) is 5.91 Å². The number of carbonyl (C=O) groups is 1. The molecule has 21 heavy (non-hydrogen) atoms. The second kappa shape index (κ2) is 6.78. The number of furan rings is 1. The van der Waals surface area contributed by atoms with Gasteiger partial charge in [-0.2, -0.15) is 5.26 Å². The molecule has 6 heteroatoms. The maximum atomic E-state index is 12.1. The van der Waals surface area contributed by atoms with Gasteiger partial charge in [-0.05, 0) is 59.3 Å². The van der Waals surface area contributed by atoms with Crippen molar-refractivity contribution in [1.82, 2.24) is 0 Å². The number of carbonyl (C=O) groups excluding carboxylic acids is 1. The van der Waals surface area contributed by atoms with E-state index >= 15 is 0 Å². The summed E-state index contributed by atoms with van der Waals surface area (Å²) in [5.41, 5.74) is 1.39. The average Bonchev–Trinajstić information content (AvgIpc) is 2.85. The molecule has 0 fully saturated rings. The number of nitrogens with zero attached hydrogens (tertiary/aromatic N) is 1. The Hall–Kier alpha value is -1.78. The van der Waals surface area contributed by atoms with Gasteiger partial charge in [-0.1, -0.05) is 17.7 Å². The zero-order valence-electron chi connectivity index (χ0n) is 11.0. The van der Waals surface area contributed by atoms with E-state index < -0.39 is 5.91 Å². The summed E-state index contributed by atoms with van der Waals surface area (Å²) in [4.78, 5) is 12.1. The predicted octanol–water partition coefficient (Wildman–Crippen LogP) is 4.39. The summed E-state index contributed by atoms with van der Waals surface area (Å²) in [7, 11) is 0. The zero-order chi connectivity index (χ0) is 15.4. The molecule has 0 saturated heterocycles. The molecular weight excluding hydrogens is 403 g/mol. The van der Waals surface area contributed by atoms with Crippen molar-refractivity contribution in [3.63, 3.8) is 0 Å². The van der Waals surface area contributed by atoms with Crippen LogP contribution in [0.4, 0.5) is 5.69 Å². The summed E-state index contributed by atoms with van der Waals surface area (Å²) >= 11 is 7.91. The number of rotatable bonds is 3. The summed E-state index contributed by atoms with van der Waals surface area (Å²) in [5.74, 6) is -0.0526. The number of amides is 1. The Morgan fingerprint density at radius 3 is 2.81 bits per heavy atom. The fourth-order valence-electron chi connectivity index (χ4n) is 1.62. The molecule has 0 atom stereocenters. The van der Waals surface area contributed by atoms with Crippen LogP contribution in [0.2, 0.25) is 5.02 Å². The van der Waals surface area contributed by atoms with E-state index in [-0.39, 0.29) is 5.57 Å². The number of halogens is 2. The van der Waals surface area contributed by atoms with Gasteiger partial charge in [0.2, 0.25) is 0 Å². The number of benzene rings is 1. The van der Waals surface area contributed by atoms with Crippen LogP contribution < -0.4 is 5.32 Å². The van der Waals surface area contributed by atoms with Crippen molar-refractivity contribution >= 4 is 51.9 Å². The summed E-state index contributed by atoms with van der Waals surface area (Å²) in [6.45, 7) is 1.84. The topological polar surface area (TPSA) is 66.0 Å². The fraction of sp³-hybridized carbons (Fsp3) is 0.0667. The molecule has 106 valence electrons. The van der Waals surface area contributed by atoms with Gasteiger partial charge in [0.05, 0.1) is 0 Å². The van der Waals surface area contributed by atoms with Crippen molar-refractivity contribution in [3.05, 3.63) is 56.0 Å². The lowest BCUT2D eigenvalue weighted by molar-refractivity contribution is -0.112. The van der Waals surface area contributed by atoms with Gasteiger partial charge < -0.3 is 9.73 Å². The van der Waals surface area contributed by atoms with Gasteiger partial charge in [-0.25, -0.2) is 0 Å². The molecule has 0 spiro atoms. The number of hydrogen-bond acceptors (Lipinski definition) is 3. The van der Waals surface area contributed by atoms with E-state index in [1.807, 2.05) is 35.6 Å². The molecule has 0 unspecified atom stereocenters. The summed E-state index contributed by atoms with van der Waals surface area (Å²) in [6.07, 6.45) is 1.40. The quantitative estimate of drug-likeness (QED) is 0.462. The second-order valence-corrected chi connectivity index (χ2v) is 5.72. The number of aryl methyl sites for hydroxylation is 1. The molecule has 0 aliphatic carbocycles. The zero-order valence-corrected chi connectivity index (χ0v) is 13.9. The van der Waals surface area contributed by atoms with E-state index in [1.165, 1.54) is 6.08 Å². The van der Waals surface area contributed by atoms with E-state index in [0.29, 0.717) is 20.2 Å². The molecule has 1 aromatic heterocycles. The van der Waals surface area contributed by atoms with Crippen molar-refractivity contribution in [3.8, 4) is 6.07 Å². The molecule has 1 N–H and O–H groups in total. The fourth-order valence-corrected chi connectivity index (χ4v) is 2.22. The van der Waals surface area contributed by atoms with Gasteiger partial charge in [0.15, 0.2) is 3.77 Å². The first-order valence-corrected chi connectivity index (χ1v) is 7.40. The highest BCUT2D eigenvalue weighted by Gasteiger charge is 2.12. The molecule has 2 aromatic rings. The van der Waals surface area contributed by atoms with Gasteiger partial charge in [0.1, 0.15) is 17.4 Å². The van der Waals surface area contributed by atoms with Crippen LogP contribution in [0.3, 0.4) is 0 Å². The van der Waals surface area contributed by atoms with E-state index in [2.05, 4.69) is 5.32 Å². The van der Waals surface area contributed by atoms with Crippen LogP contribution in [-0.4, -0.2) is 5.91 Å². The first kappa shape index (κ1) is 15.6. The van der Waals surface area contributed by atoms with E-state index in [1.54, 1.807) is 30.3 Å². The molecule has 1 aromatic carbocycles. The largest absolute Gasteiger partial charge is 0.451 e. The lowest BCUT2D eigenvalue weighted by atomic mass is 10.1. The molecular formula is C15H10ClIN2O2. The number of nitriles is 1. The molecule has 2 rings (SSSR count). The van der Waals surface area contributed by atoms with Crippen LogP contribution in [0.25, 0.3) is 6.08 Å². The standard InChI is InChI=1S/C15H10ClIN2O2/c1-9-2-3-11(16)7-13(9)19-15(20)10(8-18)6-12-4-5-14(17)21-12/h2-7H,1H3,(H,19,20)/b10-6-. The van der Waals surface area contributed by atoms with Crippen molar-refractivity contribution < 1.29 is 9.21 Å². The Balaban J connectivity index is 2.23. The molecule has 0 aliphatic rings. The van der Waals surface area contributed by atoms with Gasteiger partial charge in [0, 0.05) is 16.8 Å². The van der Waals surface area contributed by atoms with Crippen molar-refractivity contribution in [2.75, 3.05) is 5.32 Å². The molecule has 0 saturated carbocycles. The third-order valence-electron chi connectivity index (χ3n) is 2.69. The summed E-state index contributed by atoms with van der Waals surface area (Å²) < 4.78 is 6.00. The highest BCUT2D eigenvalue weighted by Crippen LogP contribution is 2.21.